The third kappa shape index (κ3) is 8.60. The Balaban J connectivity index is 2.60. The van der Waals surface area contributed by atoms with Crippen molar-refractivity contribution < 1.29 is 13.8 Å². The van der Waals surface area contributed by atoms with Crippen molar-refractivity contribution in [2.45, 2.75) is 0 Å². The molecule has 0 aliphatic rings. The van der Waals surface area contributed by atoms with E-state index >= 15 is 0 Å². The Morgan fingerprint density at radius 1 is 1.56 bits per heavy atom. The van der Waals surface area contributed by atoms with Gasteiger partial charge in [0, 0.05) is 13.0 Å². The molecule has 56 valence electrons. The van der Waals surface area contributed by atoms with Gasteiger partial charge in [-0.15, -0.1) is 11.6 Å². The molecule has 0 saturated heterocycles. The van der Waals surface area contributed by atoms with E-state index in [2.05, 4.69) is 4.52 Å². The average molecular weight is 173 g/mol. The second-order valence-corrected chi connectivity index (χ2v) is 2.39. The van der Waals surface area contributed by atoms with Crippen LogP contribution in [0.5, 0.6) is 0 Å². The molecule has 0 amide bonds. The van der Waals surface area contributed by atoms with Gasteiger partial charge in [-0.05, 0) is 0 Å². The van der Waals surface area contributed by atoms with Crippen molar-refractivity contribution in [1.82, 2.24) is 0 Å². The number of hydrogen-bond acceptors (Lipinski definition) is 3. The number of rotatable bonds is 6. The zero-order chi connectivity index (χ0) is 6.95. The molecular formula is C4H10ClO3P. The Kier molecular flexibility index (Phi) is 9.17. The molecule has 0 aromatic heterocycles. The van der Waals surface area contributed by atoms with Gasteiger partial charge in [-0.2, -0.15) is 0 Å². The van der Waals surface area contributed by atoms with Gasteiger partial charge in [0.25, 0.3) is 0 Å². The third-order valence-corrected chi connectivity index (χ3v) is 1.06. The molecule has 0 aliphatic heterocycles. The highest BCUT2D eigenvalue weighted by Gasteiger charge is 1.84. The summed E-state index contributed by atoms with van der Waals surface area (Å²) in [6.45, 7) is 0.786. The van der Waals surface area contributed by atoms with Gasteiger partial charge in [0.15, 0.2) is 15.8 Å². The topological polar surface area (TPSA) is 27.7 Å². The van der Waals surface area contributed by atoms with Crippen molar-refractivity contribution in [1.29, 1.82) is 0 Å². The van der Waals surface area contributed by atoms with Gasteiger partial charge in [0.05, 0.1) is 6.61 Å². The summed E-state index contributed by atoms with van der Waals surface area (Å²) in [6, 6.07) is 0. The number of hydrogen-bond donors (Lipinski definition) is 0. The van der Waals surface area contributed by atoms with E-state index in [9.17, 15) is 0 Å². The standard InChI is InChI=1S/C4H10ClO3P/c1-6-9-8-4-7-3-2-5/h9H,2-4H2,1H3. The van der Waals surface area contributed by atoms with Crippen LogP contribution < -0.4 is 0 Å². The van der Waals surface area contributed by atoms with Crippen LogP contribution >= 0.6 is 20.6 Å². The molecule has 1 unspecified atom stereocenters. The number of halogens is 1. The van der Waals surface area contributed by atoms with Gasteiger partial charge in [0.1, 0.15) is 0 Å². The van der Waals surface area contributed by atoms with Gasteiger partial charge in [-0.1, -0.05) is 0 Å². The fourth-order valence-electron chi connectivity index (χ4n) is 0.238. The first-order chi connectivity index (χ1) is 4.41. The maximum absolute atomic E-state index is 5.30. The van der Waals surface area contributed by atoms with Gasteiger partial charge in [0.2, 0.25) is 0 Å². The molecule has 0 spiro atoms. The smallest absolute Gasteiger partial charge is 0.157 e. The highest BCUT2D eigenvalue weighted by molar-refractivity contribution is 7.26. The summed E-state index contributed by atoms with van der Waals surface area (Å²) in [5.41, 5.74) is 0. The SMILES string of the molecule is COPOCOCCCl. The molecule has 1 atom stereocenters. The van der Waals surface area contributed by atoms with Crippen LogP contribution in [0.3, 0.4) is 0 Å². The maximum atomic E-state index is 5.30. The fourth-order valence-corrected chi connectivity index (χ4v) is 0.597. The van der Waals surface area contributed by atoms with Gasteiger partial charge >= 0.3 is 0 Å². The fraction of sp³-hybridized carbons (Fsp3) is 1.00. The van der Waals surface area contributed by atoms with Crippen LogP contribution in [0.1, 0.15) is 0 Å². The highest BCUT2D eigenvalue weighted by atomic mass is 35.5. The average Bonchev–Trinajstić information content (AvgIpc) is 1.89. The molecule has 0 rings (SSSR count). The summed E-state index contributed by atoms with van der Waals surface area (Å²) in [4.78, 5) is 0. The van der Waals surface area contributed by atoms with Crippen molar-refractivity contribution >= 4 is 20.6 Å². The van der Waals surface area contributed by atoms with Crippen molar-refractivity contribution in [3.05, 3.63) is 0 Å². The van der Waals surface area contributed by atoms with Crippen LogP contribution in [0.15, 0.2) is 0 Å². The largest absolute Gasteiger partial charge is 0.354 e. The molecule has 0 aromatic carbocycles. The first-order valence-electron chi connectivity index (χ1n) is 2.45. The highest BCUT2D eigenvalue weighted by Crippen LogP contribution is 2.09. The van der Waals surface area contributed by atoms with Crippen molar-refractivity contribution in [3.8, 4) is 0 Å². The summed E-state index contributed by atoms with van der Waals surface area (Å²) < 4.78 is 14.3. The van der Waals surface area contributed by atoms with Crippen LogP contribution in [-0.4, -0.2) is 26.4 Å². The molecule has 0 saturated carbocycles. The zero-order valence-electron chi connectivity index (χ0n) is 5.22. The van der Waals surface area contributed by atoms with E-state index in [1.807, 2.05) is 0 Å². The molecule has 3 nitrogen and oxygen atoms in total. The number of ether oxygens (including phenoxy) is 1. The van der Waals surface area contributed by atoms with E-state index in [1.54, 1.807) is 7.11 Å². The van der Waals surface area contributed by atoms with Crippen molar-refractivity contribution in [2.75, 3.05) is 26.4 Å². The minimum Gasteiger partial charge on any atom is -0.354 e. The van der Waals surface area contributed by atoms with Gasteiger partial charge in [-0.25, -0.2) is 0 Å². The first kappa shape index (κ1) is 9.60. The lowest BCUT2D eigenvalue weighted by atomic mass is 10.9. The van der Waals surface area contributed by atoms with E-state index < -0.39 is 0 Å². The molecule has 9 heavy (non-hydrogen) atoms. The van der Waals surface area contributed by atoms with Crippen LogP contribution in [-0.2, 0) is 13.8 Å². The van der Waals surface area contributed by atoms with E-state index in [0.717, 1.165) is 0 Å². The Labute approximate surface area is 61.6 Å². The van der Waals surface area contributed by atoms with Crippen LogP contribution in [0.25, 0.3) is 0 Å². The Morgan fingerprint density at radius 2 is 2.33 bits per heavy atom. The molecule has 0 aromatic rings. The van der Waals surface area contributed by atoms with Gasteiger partial charge < -0.3 is 13.8 Å². The van der Waals surface area contributed by atoms with Crippen LogP contribution in [0, 0.1) is 0 Å². The van der Waals surface area contributed by atoms with Crippen LogP contribution in [0.4, 0.5) is 0 Å². The lowest BCUT2D eigenvalue weighted by Gasteiger charge is -2.00. The Morgan fingerprint density at radius 3 is 2.89 bits per heavy atom. The maximum Gasteiger partial charge on any atom is 0.157 e. The Hall–Kier alpha value is 0.600. The molecule has 0 bridgehead atoms. The monoisotopic (exact) mass is 172 g/mol. The predicted molar refractivity (Wildman–Crippen MR) is 37.9 cm³/mol. The van der Waals surface area contributed by atoms with E-state index in [1.165, 1.54) is 0 Å². The minimum absolute atomic E-state index is 0.0581. The van der Waals surface area contributed by atoms with Crippen LogP contribution in [0.2, 0.25) is 0 Å². The second-order valence-electron chi connectivity index (χ2n) is 1.15. The quantitative estimate of drug-likeness (QED) is 0.262. The first-order valence-corrected chi connectivity index (χ1v) is 3.80. The van der Waals surface area contributed by atoms with E-state index in [0.29, 0.717) is 12.5 Å². The lowest BCUT2D eigenvalue weighted by molar-refractivity contribution is 0.0268. The van der Waals surface area contributed by atoms with E-state index in [-0.39, 0.29) is 15.8 Å². The molecule has 5 heteroatoms. The summed E-state index contributed by atoms with van der Waals surface area (Å²) in [5.74, 6) is 0.499. The molecule has 0 N–H and O–H groups in total. The molecular weight excluding hydrogens is 162 g/mol. The minimum atomic E-state index is 0.0581. The summed E-state index contributed by atoms with van der Waals surface area (Å²) in [7, 11) is 1.63. The second kappa shape index (κ2) is 8.60. The molecule has 0 fully saturated rings. The van der Waals surface area contributed by atoms with Crippen molar-refractivity contribution in [2.24, 2.45) is 0 Å². The molecule has 0 radical (unpaired) electrons. The summed E-state index contributed by atoms with van der Waals surface area (Å²) in [5, 5.41) is 0. The molecule has 0 heterocycles. The van der Waals surface area contributed by atoms with Gasteiger partial charge in [-0.3, -0.25) is 0 Å². The van der Waals surface area contributed by atoms with E-state index in [4.69, 9.17) is 20.9 Å². The summed E-state index contributed by atoms with van der Waals surface area (Å²) in [6.07, 6.45) is 0. The molecule has 0 aliphatic carbocycles. The normalized spacial score (nSPS) is 11.3. The number of alkyl halides is 1. The lowest BCUT2D eigenvalue weighted by Crippen LogP contribution is -1.97. The third-order valence-electron chi connectivity index (χ3n) is 0.506. The Bertz CT molecular complexity index is 49.1. The zero-order valence-corrected chi connectivity index (χ0v) is 6.98. The summed E-state index contributed by atoms with van der Waals surface area (Å²) >= 11 is 5.30. The van der Waals surface area contributed by atoms with Crippen molar-refractivity contribution in [3.63, 3.8) is 0 Å². The predicted octanol–water partition coefficient (Wildman–Crippen LogP) is 1.37.